The Kier molecular flexibility index (Phi) is 6.11. The number of likely N-dealkylation sites (tertiary alicyclic amines) is 1. The van der Waals surface area contributed by atoms with Crippen LogP contribution in [0.15, 0.2) is 65.5 Å². The minimum absolute atomic E-state index is 0.00389. The van der Waals surface area contributed by atoms with Crippen molar-refractivity contribution in [3.05, 3.63) is 82.5 Å². The van der Waals surface area contributed by atoms with Gasteiger partial charge < -0.3 is 4.90 Å². The second-order valence-corrected chi connectivity index (χ2v) is 7.88. The molecule has 1 amide bonds. The van der Waals surface area contributed by atoms with Gasteiger partial charge in [0.1, 0.15) is 5.82 Å². The van der Waals surface area contributed by atoms with E-state index in [4.69, 9.17) is 0 Å². The van der Waals surface area contributed by atoms with Crippen molar-refractivity contribution < 1.29 is 9.59 Å². The summed E-state index contributed by atoms with van der Waals surface area (Å²) in [5, 5.41) is 4.49. The van der Waals surface area contributed by atoms with Crippen LogP contribution in [-0.2, 0) is 11.8 Å². The summed E-state index contributed by atoms with van der Waals surface area (Å²) in [5.74, 6) is 0.836. The summed E-state index contributed by atoms with van der Waals surface area (Å²) in [7, 11) is 1.66. The van der Waals surface area contributed by atoms with Crippen molar-refractivity contribution in [2.45, 2.75) is 31.6 Å². The van der Waals surface area contributed by atoms with Crippen LogP contribution in [0, 0.1) is 0 Å². The van der Waals surface area contributed by atoms with Gasteiger partial charge in [0.05, 0.1) is 5.69 Å². The summed E-state index contributed by atoms with van der Waals surface area (Å²) in [4.78, 5) is 39.3. The maximum Gasteiger partial charge on any atom is 0.350 e. The lowest BCUT2D eigenvalue weighted by atomic mass is 9.95. The predicted octanol–water partition coefficient (Wildman–Crippen LogP) is 2.94. The minimum atomic E-state index is -0.167. The minimum Gasteiger partial charge on any atom is -0.343 e. The number of para-hydroxylation sites is 1. The van der Waals surface area contributed by atoms with E-state index in [9.17, 15) is 14.4 Å². The zero-order chi connectivity index (χ0) is 21.8. The Morgan fingerprint density at radius 2 is 1.55 bits per heavy atom. The first-order valence-electron chi connectivity index (χ1n) is 10.6. The number of ketones is 1. The predicted molar refractivity (Wildman–Crippen MR) is 117 cm³/mol. The Morgan fingerprint density at radius 3 is 2.19 bits per heavy atom. The molecular weight excluding hydrogens is 392 g/mol. The van der Waals surface area contributed by atoms with Crippen LogP contribution >= 0.6 is 0 Å². The first-order chi connectivity index (χ1) is 15.0. The van der Waals surface area contributed by atoms with E-state index in [1.54, 1.807) is 23.7 Å². The molecule has 1 aromatic heterocycles. The molecule has 1 fully saturated rings. The van der Waals surface area contributed by atoms with E-state index in [0.29, 0.717) is 18.7 Å². The number of benzene rings is 2. The van der Waals surface area contributed by atoms with E-state index in [0.717, 1.165) is 24.4 Å². The maximum atomic E-state index is 12.6. The monoisotopic (exact) mass is 418 g/mol. The lowest BCUT2D eigenvalue weighted by molar-refractivity contribution is -0.132. The van der Waals surface area contributed by atoms with Crippen LogP contribution in [0.25, 0.3) is 5.69 Å². The quantitative estimate of drug-likeness (QED) is 0.577. The van der Waals surface area contributed by atoms with Crippen molar-refractivity contribution in [3.8, 4) is 5.69 Å². The Bertz CT molecular complexity index is 1110. The van der Waals surface area contributed by atoms with Gasteiger partial charge >= 0.3 is 5.69 Å². The smallest absolute Gasteiger partial charge is 0.343 e. The fraction of sp³-hybridized carbons (Fsp3) is 0.333. The number of piperidine rings is 1. The number of hydrogen-bond acceptors (Lipinski definition) is 4. The van der Waals surface area contributed by atoms with Gasteiger partial charge in [-0.3, -0.25) is 9.59 Å². The van der Waals surface area contributed by atoms with Crippen LogP contribution in [-0.4, -0.2) is 44.0 Å². The molecule has 31 heavy (non-hydrogen) atoms. The number of Topliss-reactive ketones (excluding diaryl/α,β-unsaturated/α-hetero) is 1. The Hall–Kier alpha value is -3.48. The second-order valence-electron chi connectivity index (χ2n) is 7.88. The number of rotatable bonds is 6. The normalized spacial score (nSPS) is 14.5. The molecule has 1 aliphatic rings. The molecule has 0 spiro atoms. The molecule has 7 heteroatoms. The Balaban J connectivity index is 1.38. The van der Waals surface area contributed by atoms with Crippen molar-refractivity contribution in [2.24, 2.45) is 7.05 Å². The van der Waals surface area contributed by atoms with Gasteiger partial charge in [-0.05, 0) is 25.0 Å². The van der Waals surface area contributed by atoms with Gasteiger partial charge in [-0.1, -0.05) is 48.5 Å². The molecule has 0 unspecified atom stereocenters. The second kappa shape index (κ2) is 9.12. The van der Waals surface area contributed by atoms with Crippen molar-refractivity contribution >= 4 is 11.7 Å². The van der Waals surface area contributed by atoms with Crippen molar-refractivity contribution in [3.63, 3.8) is 0 Å². The number of aryl methyl sites for hydroxylation is 1. The van der Waals surface area contributed by atoms with Gasteiger partial charge in [0.25, 0.3) is 0 Å². The van der Waals surface area contributed by atoms with E-state index < -0.39 is 0 Å². The highest BCUT2D eigenvalue weighted by Crippen LogP contribution is 2.28. The van der Waals surface area contributed by atoms with Gasteiger partial charge in [-0.15, -0.1) is 0 Å². The van der Waals surface area contributed by atoms with Crippen LogP contribution in [0.2, 0.25) is 0 Å². The summed E-state index contributed by atoms with van der Waals surface area (Å²) in [6, 6.07) is 18.6. The van der Waals surface area contributed by atoms with Crippen LogP contribution in [0.5, 0.6) is 0 Å². The van der Waals surface area contributed by atoms with Crippen LogP contribution in [0.1, 0.15) is 47.8 Å². The number of carbonyl (C=O) groups is 2. The fourth-order valence-electron chi connectivity index (χ4n) is 4.10. The van der Waals surface area contributed by atoms with Crippen LogP contribution in [0.4, 0.5) is 0 Å². The largest absolute Gasteiger partial charge is 0.350 e. The van der Waals surface area contributed by atoms with E-state index in [1.807, 2.05) is 53.4 Å². The molecule has 0 atom stereocenters. The highest BCUT2D eigenvalue weighted by Gasteiger charge is 2.28. The summed E-state index contributed by atoms with van der Waals surface area (Å²) >= 11 is 0. The van der Waals surface area contributed by atoms with Crippen LogP contribution < -0.4 is 5.69 Å². The molecule has 0 saturated carbocycles. The SMILES string of the molecule is Cn1nc(C2CCN(C(=O)CCC(=O)c3ccccc3)CC2)n(-c2ccccc2)c1=O. The average molecular weight is 418 g/mol. The van der Waals surface area contributed by atoms with Crippen LogP contribution in [0.3, 0.4) is 0 Å². The third-order valence-corrected chi connectivity index (χ3v) is 5.84. The third-order valence-electron chi connectivity index (χ3n) is 5.84. The van der Waals surface area contributed by atoms with E-state index in [1.165, 1.54) is 4.68 Å². The molecule has 3 aromatic rings. The standard InChI is InChI=1S/C24H26N4O3/c1-26-24(31)28(20-10-6-3-7-11-20)23(25-26)19-14-16-27(17-15-19)22(30)13-12-21(29)18-8-4-2-5-9-18/h2-11,19H,12-17H2,1H3. The topological polar surface area (TPSA) is 77.2 Å². The van der Waals surface area contributed by atoms with Gasteiger partial charge in [0.2, 0.25) is 5.91 Å². The van der Waals surface area contributed by atoms with E-state index in [2.05, 4.69) is 5.10 Å². The Morgan fingerprint density at radius 1 is 0.935 bits per heavy atom. The van der Waals surface area contributed by atoms with Crippen molar-refractivity contribution in [2.75, 3.05) is 13.1 Å². The molecule has 0 N–H and O–H groups in total. The molecule has 160 valence electrons. The van der Waals surface area contributed by atoms with Gasteiger partial charge in [0.15, 0.2) is 5.78 Å². The first-order valence-corrected chi connectivity index (χ1v) is 10.6. The first kappa shape index (κ1) is 20.8. The molecule has 2 heterocycles. The molecule has 1 saturated heterocycles. The maximum absolute atomic E-state index is 12.6. The molecule has 0 radical (unpaired) electrons. The molecule has 0 aliphatic carbocycles. The molecule has 1 aliphatic heterocycles. The molecule has 4 rings (SSSR count). The lowest BCUT2D eigenvalue weighted by Gasteiger charge is -2.31. The van der Waals surface area contributed by atoms with E-state index in [-0.39, 0.29) is 36.1 Å². The number of aromatic nitrogens is 3. The van der Waals surface area contributed by atoms with Gasteiger partial charge in [0, 0.05) is 44.5 Å². The van der Waals surface area contributed by atoms with Gasteiger partial charge in [-0.2, -0.15) is 5.10 Å². The number of carbonyl (C=O) groups excluding carboxylic acids is 2. The summed E-state index contributed by atoms with van der Waals surface area (Å²) in [5.41, 5.74) is 1.27. The molecule has 2 aromatic carbocycles. The highest BCUT2D eigenvalue weighted by atomic mass is 16.2. The summed E-state index contributed by atoms with van der Waals surface area (Å²) in [6.07, 6.45) is 1.91. The lowest BCUT2D eigenvalue weighted by Crippen LogP contribution is -2.38. The van der Waals surface area contributed by atoms with Crippen molar-refractivity contribution in [1.82, 2.24) is 19.2 Å². The third kappa shape index (κ3) is 4.50. The number of nitrogens with zero attached hydrogens (tertiary/aromatic N) is 4. The summed E-state index contributed by atoms with van der Waals surface area (Å²) in [6.45, 7) is 1.20. The number of amides is 1. The molecular formula is C24H26N4O3. The zero-order valence-electron chi connectivity index (χ0n) is 17.6. The zero-order valence-corrected chi connectivity index (χ0v) is 17.6. The fourth-order valence-corrected chi connectivity index (χ4v) is 4.10. The summed E-state index contributed by atoms with van der Waals surface area (Å²) < 4.78 is 3.04. The highest BCUT2D eigenvalue weighted by molar-refractivity contribution is 5.97. The number of hydrogen-bond donors (Lipinski definition) is 0. The molecule has 0 bridgehead atoms. The van der Waals surface area contributed by atoms with Gasteiger partial charge in [-0.25, -0.2) is 14.0 Å². The van der Waals surface area contributed by atoms with Crippen molar-refractivity contribution in [1.29, 1.82) is 0 Å². The average Bonchev–Trinajstić information content (AvgIpc) is 3.12. The van der Waals surface area contributed by atoms with E-state index >= 15 is 0 Å². The Labute approximate surface area is 180 Å². The molecule has 7 nitrogen and oxygen atoms in total.